The molecule has 0 spiro atoms. The zero-order valence-corrected chi connectivity index (χ0v) is 13.9. The first-order chi connectivity index (χ1) is 9.63. The third-order valence-corrected chi connectivity index (χ3v) is 5.67. The zero-order valence-electron chi connectivity index (χ0n) is 13.9. The number of nitrogens with two attached hydrogens (primary N) is 1. The molecule has 4 atom stereocenters. The molecule has 2 rings (SSSR count). The molecule has 20 heavy (non-hydrogen) atoms. The van der Waals surface area contributed by atoms with Crippen molar-refractivity contribution < 1.29 is 0 Å². The fourth-order valence-electron chi connectivity index (χ4n) is 4.21. The standard InChI is InChI=1S/C17H35N3/c1-4-6-14-7-8-17(18)15(11-14)12-20-10-9-19(3)16(5-2)13-20/h14-17H,4-13,18H2,1-3H3. The highest BCUT2D eigenvalue weighted by Gasteiger charge is 2.31. The average molecular weight is 281 g/mol. The van der Waals surface area contributed by atoms with Crippen LogP contribution >= 0.6 is 0 Å². The molecule has 118 valence electrons. The van der Waals surface area contributed by atoms with E-state index < -0.39 is 0 Å². The molecule has 0 aromatic rings. The molecular formula is C17H35N3. The Hall–Kier alpha value is -0.120. The highest BCUT2D eigenvalue weighted by Crippen LogP contribution is 2.32. The van der Waals surface area contributed by atoms with Crippen LogP contribution in [0, 0.1) is 11.8 Å². The van der Waals surface area contributed by atoms with E-state index >= 15 is 0 Å². The van der Waals surface area contributed by atoms with Gasteiger partial charge in [-0.3, -0.25) is 0 Å². The van der Waals surface area contributed by atoms with Crippen LogP contribution in [0.1, 0.15) is 52.4 Å². The van der Waals surface area contributed by atoms with Crippen LogP contribution in [-0.2, 0) is 0 Å². The first-order valence-electron chi connectivity index (χ1n) is 8.82. The molecule has 1 saturated carbocycles. The van der Waals surface area contributed by atoms with E-state index in [1.54, 1.807) is 0 Å². The van der Waals surface area contributed by atoms with E-state index in [0.29, 0.717) is 6.04 Å². The van der Waals surface area contributed by atoms with Gasteiger partial charge in [0.1, 0.15) is 0 Å². The summed E-state index contributed by atoms with van der Waals surface area (Å²) in [6.45, 7) is 9.57. The summed E-state index contributed by atoms with van der Waals surface area (Å²) in [4.78, 5) is 5.21. The number of hydrogen-bond donors (Lipinski definition) is 1. The van der Waals surface area contributed by atoms with Crippen molar-refractivity contribution in [3.05, 3.63) is 0 Å². The predicted octanol–water partition coefficient (Wildman–Crippen LogP) is 2.56. The van der Waals surface area contributed by atoms with Gasteiger partial charge in [0.2, 0.25) is 0 Å². The lowest BCUT2D eigenvalue weighted by atomic mass is 9.76. The van der Waals surface area contributed by atoms with Crippen LogP contribution in [0.4, 0.5) is 0 Å². The van der Waals surface area contributed by atoms with Crippen LogP contribution < -0.4 is 5.73 Å². The minimum atomic E-state index is 0.447. The molecule has 1 aliphatic heterocycles. The summed E-state index contributed by atoms with van der Waals surface area (Å²) in [6.07, 6.45) is 8.00. The van der Waals surface area contributed by atoms with Crippen LogP contribution in [0.3, 0.4) is 0 Å². The Balaban J connectivity index is 1.84. The lowest BCUT2D eigenvalue weighted by Crippen LogP contribution is -2.54. The molecule has 0 aromatic carbocycles. The second kappa shape index (κ2) is 7.77. The third kappa shape index (κ3) is 4.19. The molecule has 4 unspecified atom stereocenters. The monoisotopic (exact) mass is 281 g/mol. The molecule has 0 aromatic heterocycles. The summed E-state index contributed by atoms with van der Waals surface area (Å²) < 4.78 is 0. The van der Waals surface area contributed by atoms with Gasteiger partial charge in [-0.25, -0.2) is 0 Å². The number of hydrogen-bond acceptors (Lipinski definition) is 3. The average Bonchev–Trinajstić information content (AvgIpc) is 2.45. The summed E-state index contributed by atoms with van der Waals surface area (Å²) in [5.74, 6) is 1.68. The first-order valence-corrected chi connectivity index (χ1v) is 8.82. The van der Waals surface area contributed by atoms with E-state index in [4.69, 9.17) is 5.73 Å². The van der Waals surface area contributed by atoms with Crippen LogP contribution in [0.25, 0.3) is 0 Å². The number of piperazine rings is 1. The minimum absolute atomic E-state index is 0.447. The van der Waals surface area contributed by atoms with E-state index in [0.717, 1.165) is 17.9 Å². The summed E-state index contributed by atoms with van der Waals surface area (Å²) in [6, 6.07) is 1.19. The Bertz CT molecular complexity index is 281. The van der Waals surface area contributed by atoms with Crippen LogP contribution in [0.15, 0.2) is 0 Å². The van der Waals surface area contributed by atoms with Gasteiger partial charge in [0.25, 0.3) is 0 Å². The smallest absolute Gasteiger partial charge is 0.0218 e. The van der Waals surface area contributed by atoms with Crippen LogP contribution in [0.2, 0.25) is 0 Å². The van der Waals surface area contributed by atoms with Gasteiger partial charge >= 0.3 is 0 Å². The van der Waals surface area contributed by atoms with Gasteiger partial charge in [0, 0.05) is 38.3 Å². The second-order valence-electron chi connectivity index (χ2n) is 7.19. The van der Waals surface area contributed by atoms with E-state index in [1.807, 2.05) is 0 Å². The topological polar surface area (TPSA) is 32.5 Å². The van der Waals surface area contributed by atoms with Gasteiger partial charge in [-0.1, -0.05) is 26.7 Å². The van der Waals surface area contributed by atoms with Crippen molar-refractivity contribution in [3.8, 4) is 0 Å². The van der Waals surface area contributed by atoms with Crippen molar-refractivity contribution in [2.45, 2.75) is 64.5 Å². The highest BCUT2D eigenvalue weighted by molar-refractivity contribution is 4.87. The zero-order chi connectivity index (χ0) is 14.5. The first kappa shape index (κ1) is 16.3. The van der Waals surface area contributed by atoms with Crippen molar-refractivity contribution in [1.29, 1.82) is 0 Å². The Labute approximate surface area is 125 Å². The largest absolute Gasteiger partial charge is 0.327 e. The molecule has 0 radical (unpaired) electrons. The molecular weight excluding hydrogens is 246 g/mol. The summed E-state index contributed by atoms with van der Waals surface area (Å²) in [5.41, 5.74) is 6.41. The minimum Gasteiger partial charge on any atom is -0.327 e. The van der Waals surface area contributed by atoms with Crippen molar-refractivity contribution in [2.75, 3.05) is 33.2 Å². The predicted molar refractivity (Wildman–Crippen MR) is 86.9 cm³/mol. The lowest BCUT2D eigenvalue weighted by Gasteiger charge is -2.43. The molecule has 1 heterocycles. The summed E-state index contributed by atoms with van der Waals surface area (Å²) in [7, 11) is 2.27. The Morgan fingerprint density at radius 1 is 1.15 bits per heavy atom. The van der Waals surface area contributed by atoms with Crippen molar-refractivity contribution >= 4 is 0 Å². The number of likely N-dealkylation sites (N-methyl/N-ethyl adjacent to an activating group) is 1. The summed E-state index contributed by atoms with van der Waals surface area (Å²) in [5, 5.41) is 0. The van der Waals surface area contributed by atoms with Gasteiger partial charge in [-0.2, -0.15) is 0 Å². The molecule has 2 N–H and O–H groups in total. The van der Waals surface area contributed by atoms with Crippen molar-refractivity contribution in [2.24, 2.45) is 17.6 Å². The molecule has 3 heteroatoms. The number of rotatable bonds is 5. The SMILES string of the molecule is CCCC1CCC(N)C(CN2CCN(C)C(CC)C2)C1. The van der Waals surface area contributed by atoms with Crippen molar-refractivity contribution in [3.63, 3.8) is 0 Å². The maximum absolute atomic E-state index is 6.41. The summed E-state index contributed by atoms with van der Waals surface area (Å²) >= 11 is 0. The quantitative estimate of drug-likeness (QED) is 0.840. The molecule has 3 nitrogen and oxygen atoms in total. The third-order valence-electron chi connectivity index (χ3n) is 5.67. The fourth-order valence-corrected chi connectivity index (χ4v) is 4.21. The highest BCUT2D eigenvalue weighted by atomic mass is 15.3. The van der Waals surface area contributed by atoms with Gasteiger partial charge in [0.05, 0.1) is 0 Å². The molecule has 2 fully saturated rings. The van der Waals surface area contributed by atoms with E-state index in [-0.39, 0.29) is 0 Å². The molecule has 0 bridgehead atoms. The van der Waals surface area contributed by atoms with Gasteiger partial charge in [-0.15, -0.1) is 0 Å². The van der Waals surface area contributed by atoms with E-state index in [1.165, 1.54) is 64.7 Å². The van der Waals surface area contributed by atoms with Gasteiger partial charge in [-0.05, 0) is 44.6 Å². The Morgan fingerprint density at radius 2 is 1.95 bits per heavy atom. The Morgan fingerprint density at radius 3 is 2.65 bits per heavy atom. The molecule has 1 aliphatic carbocycles. The Kier molecular flexibility index (Phi) is 6.31. The lowest BCUT2D eigenvalue weighted by molar-refractivity contribution is 0.0662. The van der Waals surface area contributed by atoms with E-state index in [2.05, 4.69) is 30.7 Å². The van der Waals surface area contributed by atoms with Gasteiger partial charge in [0.15, 0.2) is 0 Å². The molecule has 2 aliphatic rings. The van der Waals surface area contributed by atoms with Gasteiger partial charge < -0.3 is 15.5 Å². The normalized spacial score (nSPS) is 37.2. The molecule has 1 saturated heterocycles. The second-order valence-corrected chi connectivity index (χ2v) is 7.19. The van der Waals surface area contributed by atoms with Crippen molar-refractivity contribution in [1.82, 2.24) is 9.80 Å². The fraction of sp³-hybridized carbons (Fsp3) is 1.00. The number of nitrogens with zero attached hydrogens (tertiary/aromatic N) is 2. The maximum atomic E-state index is 6.41. The van der Waals surface area contributed by atoms with E-state index in [9.17, 15) is 0 Å². The maximum Gasteiger partial charge on any atom is 0.0218 e. The van der Waals surface area contributed by atoms with Crippen LogP contribution in [-0.4, -0.2) is 55.1 Å². The van der Waals surface area contributed by atoms with Crippen LogP contribution in [0.5, 0.6) is 0 Å². The molecule has 0 amide bonds.